The molecule has 1 N–H and O–H groups in total. The van der Waals surface area contributed by atoms with E-state index in [1.807, 2.05) is 0 Å². The van der Waals surface area contributed by atoms with E-state index in [2.05, 4.69) is 5.32 Å². The van der Waals surface area contributed by atoms with E-state index in [0.717, 1.165) is 12.1 Å². The highest BCUT2D eigenvalue weighted by atomic mass is 35.5. The van der Waals surface area contributed by atoms with Crippen molar-refractivity contribution in [3.8, 4) is 5.75 Å². The zero-order valence-corrected chi connectivity index (χ0v) is 19.2. The quantitative estimate of drug-likeness (QED) is 0.509. The number of benzene rings is 3. The molecule has 1 atom stereocenters. The van der Waals surface area contributed by atoms with Crippen molar-refractivity contribution in [2.75, 3.05) is 29.9 Å². The van der Waals surface area contributed by atoms with Crippen molar-refractivity contribution in [3.63, 3.8) is 0 Å². The molecule has 1 aliphatic rings. The van der Waals surface area contributed by atoms with Gasteiger partial charge in [0.05, 0.1) is 23.7 Å². The zero-order valence-electron chi connectivity index (χ0n) is 17.6. The van der Waals surface area contributed by atoms with Gasteiger partial charge in [-0.2, -0.15) is 0 Å². The highest BCUT2D eigenvalue weighted by Gasteiger charge is 2.35. The first kappa shape index (κ1) is 23.3. The van der Waals surface area contributed by atoms with Gasteiger partial charge in [-0.25, -0.2) is 17.2 Å². The number of anilines is 2. The number of halogens is 3. The molecule has 3 aromatic carbocycles. The lowest BCUT2D eigenvalue weighted by Crippen LogP contribution is -2.45. The van der Waals surface area contributed by atoms with Crippen molar-refractivity contribution in [1.82, 2.24) is 0 Å². The molecule has 4 rings (SSSR count). The van der Waals surface area contributed by atoms with Crippen LogP contribution in [0.3, 0.4) is 0 Å². The molecule has 1 heterocycles. The van der Waals surface area contributed by atoms with Gasteiger partial charge in [0.1, 0.15) is 23.5 Å². The van der Waals surface area contributed by atoms with Gasteiger partial charge in [-0.15, -0.1) is 0 Å². The molecule has 33 heavy (non-hydrogen) atoms. The van der Waals surface area contributed by atoms with Crippen LogP contribution in [0.4, 0.5) is 20.2 Å². The number of hydrogen-bond donors (Lipinski definition) is 1. The fourth-order valence-electron chi connectivity index (χ4n) is 3.55. The van der Waals surface area contributed by atoms with Gasteiger partial charge in [-0.05, 0) is 54.6 Å². The molecule has 0 saturated heterocycles. The van der Waals surface area contributed by atoms with Crippen molar-refractivity contribution in [1.29, 1.82) is 0 Å². The van der Waals surface area contributed by atoms with Crippen molar-refractivity contribution >= 4 is 33.0 Å². The molecule has 6 nitrogen and oxygen atoms in total. The second-order valence-corrected chi connectivity index (χ2v) is 9.69. The molecule has 0 aromatic heterocycles. The highest BCUT2D eigenvalue weighted by Crippen LogP contribution is 2.39. The normalized spacial score (nSPS) is 15.6. The van der Waals surface area contributed by atoms with E-state index in [1.54, 1.807) is 24.3 Å². The minimum absolute atomic E-state index is 0.00312. The van der Waals surface area contributed by atoms with E-state index in [1.165, 1.54) is 35.7 Å². The second-order valence-electron chi connectivity index (χ2n) is 7.42. The van der Waals surface area contributed by atoms with Crippen molar-refractivity contribution in [2.24, 2.45) is 0 Å². The fourth-order valence-corrected chi connectivity index (χ4v) is 5.28. The second kappa shape index (κ2) is 9.54. The third kappa shape index (κ3) is 4.90. The Morgan fingerprint density at radius 3 is 2.61 bits per heavy atom. The van der Waals surface area contributed by atoms with Crippen molar-refractivity contribution in [3.05, 3.63) is 82.9 Å². The summed E-state index contributed by atoms with van der Waals surface area (Å²) < 4.78 is 66.6. The molecule has 174 valence electrons. The monoisotopic (exact) mass is 494 g/mol. The van der Waals surface area contributed by atoms with Gasteiger partial charge in [0.25, 0.3) is 10.0 Å². The van der Waals surface area contributed by atoms with Crippen LogP contribution in [0.15, 0.2) is 65.6 Å². The molecule has 1 aliphatic heterocycles. The number of sulfonamides is 1. The van der Waals surface area contributed by atoms with E-state index >= 15 is 0 Å². The molecule has 0 radical (unpaired) electrons. The van der Waals surface area contributed by atoms with Gasteiger partial charge in [0.15, 0.2) is 0 Å². The Balaban J connectivity index is 1.68. The Bertz CT molecular complexity index is 1240. The summed E-state index contributed by atoms with van der Waals surface area (Å²) in [4.78, 5) is -0.0515. The summed E-state index contributed by atoms with van der Waals surface area (Å²) in [7, 11) is -2.52. The standard InChI is InChI=1S/C23H21ClF2N2O4S/c1-31-14-17-13-28(33(29,30)18-8-5-15(25)6-9-18)22-11-16(7-10-23(22)32-17)27-12-19-20(24)3-2-4-21(19)26/h2-11,17,27H,12-14H2,1H3. The Morgan fingerprint density at radius 2 is 1.91 bits per heavy atom. The van der Waals surface area contributed by atoms with Crippen LogP contribution in [-0.4, -0.2) is 34.8 Å². The van der Waals surface area contributed by atoms with E-state index < -0.39 is 27.8 Å². The Hall–Kier alpha value is -2.88. The number of ether oxygens (including phenoxy) is 2. The van der Waals surface area contributed by atoms with Gasteiger partial charge in [0.2, 0.25) is 0 Å². The summed E-state index contributed by atoms with van der Waals surface area (Å²) in [6.07, 6.45) is -0.534. The Labute approximate surface area is 195 Å². The van der Waals surface area contributed by atoms with Crippen LogP contribution in [0.25, 0.3) is 0 Å². The number of rotatable bonds is 7. The maximum absolute atomic E-state index is 14.1. The van der Waals surface area contributed by atoms with Crippen LogP contribution in [-0.2, 0) is 21.3 Å². The Morgan fingerprint density at radius 1 is 1.15 bits per heavy atom. The van der Waals surface area contributed by atoms with Gasteiger partial charge < -0.3 is 14.8 Å². The van der Waals surface area contributed by atoms with Gasteiger partial charge in [0, 0.05) is 29.9 Å². The molecule has 0 bridgehead atoms. The minimum atomic E-state index is -4.02. The van der Waals surface area contributed by atoms with Crippen molar-refractivity contribution < 1.29 is 26.7 Å². The Kier molecular flexibility index (Phi) is 6.73. The van der Waals surface area contributed by atoms with E-state index in [4.69, 9.17) is 21.1 Å². The average Bonchev–Trinajstić information content (AvgIpc) is 2.79. The third-order valence-electron chi connectivity index (χ3n) is 5.18. The van der Waals surface area contributed by atoms with E-state index in [-0.39, 0.29) is 29.6 Å². The molecule has 0 fully saturated rings. The number of nitrogens with one attached hydrogen (secondary N) is 1. The summed E-state index contributed by atoms with van der Waals surface area (Å²) in [5.41, 5.74) is 1.14. The van der Waals surface area contributed by atoms with E-state index in [9.17, 15) is 17.2 Å². The molecule has 0 amide bonds. The molecule has 3 aromatic rings. The average molecular weight is 495 g/mol. The summed E-state index contributed by atoms with van der Waals surface area (Å²) in [5, 5.41) is 3.36. The van der Waals surface area contributed by atoms with Gasteiger partial charge >= 0.3 is 0 Å². The smallest absolute Gasteiger partial charge is 0.264 e. The van der Waals surface area contributed by atoms with Crippen LogP contribution >= 0.6 is 11.6 Å². The highest BCUT2D eigenvalue weighted by molar-refractivity contribution is 7.92. The van der Waals surface area contributed by atoms with Crippen LogP contribution in [0.1, 0.15) is 5.56 Å². The van der Waals surface area contributed by atoms with E-state index in [0.29, 0.717) is 22.7 Å². The van der Waals surface area contributed by atoms with Gasteiger partial charge in [-0.3, -0.25) is 4.31 Å². The molecule has 1 unspecified atom stereocenters. The molecule has 0 saturated carbocycles. The van der Waals surface area contributed by atoms with Crippen molar-refractivity contribution in [2.45, 2.75) is 17.5 Å². The van der Waals surface area contributed by atoms with Crippen LogP contribution in [0, 0.1) is 11.6 Å². The maximum atomic E-state index is 14.1. The lowest BCUT2D eigenvalue weighted by Gasteiger charge is -2.35. The first-order chi connectivity index (χ1) is 15.8. The number of fused-ring (bicyclic) bond motifs is 1. The first-order valence-electron chi connectivity index (χ1n) is 10.0. The lowest BCUT2D eigenvalue weighted by atomic mass is 10.2. The topological polar surface area (TPSA) is 67.9 Å². The fraction of sp³-hybridized carbons (Fsp3) is 0.217. The third-order valence-corrected chi connectivity index (χ3v) is 7.32. The van der Waals surface area contributed by atoms with Gasteiger partial charge in [-0.1, -0.05) is 17.7 Å². The van der Waals surface area contributed by atoms with Crippen LogP contribution < -0.4 is 14.4 Å². The summed E-state index contributed by atoms with van der Waals surface area (Å²) in [6, 6.07) is 14.0. The molecule has 0 spiro atoms. The summed E-state index contributed by atoms with van der Waals surface area (Å²) >= 11 is 6.09. The number of nitrogens with zero attached hydrogens (tertiary/aromatic N) is 1. The first-order valence-corrected chi connectivity index (χ1v) is 11.9. The maximum Gasteiger partial charge on any atom is 0.264 e. The number of hydrogen-bond acceptors (Lipinski definition) is 5. The molecule has 10 heteroatoms. The lowest BCUT2D eigenvalue weighted by molar-refractivity contribution is 0.0820. The molecular formula is C23H21ClF2N2O4S. The summed E-state index contributed by atoms with van der Waals surface area (Å²) in [6.45, 7) is 0.284. The largest absolute Gasteiger partial charge is 0.484 e. The van der Waals surface area contributed by atoms with Crippen LogP contribution in [0.2, 0.25) is 5.02 Å². The van der Waals surface area contributed by atoms with Crippen LogP contribution in [0.5, 0.6) is 5.75 Å². The molecular weight excluding hydrogens is 474 g/mol. The minimum Gasteiger partial charge on any atom is -0.484 e. The predicted octanol–water partition coefficient (Wildman–Crippen LogP) is 4.83. The molecule has 0 aliphatic carbocycles. The summed E-state index contributed by atoms with van der Waals surface area (Å²) in [5.74, 6) is -0.630. The SMILES string of the molecule is COCC1CN(S(=O)(=O)c2ccc(F)cc2)c2cc(NCc3c(F)cccc3Cl)ccc2O1. The zero-order chi connectivity index (χ0) is 23.6. The number of methoxy groups -OCH3 is 1. The predicted molar refractivity (Wildman–Crippen MR) is 122 cm³/mol.